The van der Waals surface area contributed by atoms with Crippen LogP contribution in [0.3, 0.4) is 0 Å². The highest BCUT2D eigenvalue weighted by Crippen LogP contribution is 2.63. The molecule has 14 N–H and O–H groups in total. The molecule has 2 aliphatic carbocycles. The first-order chi connectivity index (χ1) is 40.4. The number of ether oxygens (including phenoxy) is 1. The lowest BCUT2D eigenvalue weighted by Gasteiger charge is -2.56. The number of likely N-dealkylation sites (N-methyl/N-ethyl adjacent to an activating group) is 1. The van der Waals surface area contributed by atoms with E-state index >= 15 is 4.79 Å². The van der Waals surface area contributed by atoms with Gasteiger partial charge < -0.3 is 58.1 Å². The summed E-state index contributed by atoms with van der Waals surface area (Å²) in [5.74, 6) is 5.97. The van der Waals surface area contributed by atoms with Gasteiger partial charge in [-0.15, -0.1) is 0 Å². The van der Waals surface area contributed by atoms with Crippen LogP contribution in [-0.4, -0.2) is 117 Å². The van der Waals surface area contributed by atoms with Gasteiger partial charge in [0.05, 0.1) is 30.5 Å². The largest absolute Gasteiger partial charge is 0.508 e. The van der Waals surface area contributed by atoms with Crippen molar-refractivity contribution in [1.29, 1.82) is 0 Å². The normalized spacial score (nSPS) is 34.1. The number of nitrogens with zero attached hydrogens (tertiary/aromatic N) is 1. The van der Waals surface area contributed by atoms with E-state index < -0.39 is 71.1 Å². The lowest BCUT2D eigenvalue weighted by molar-refractivity contribution is -0.168. The van der Waals surface area contributed by atoms with Gasteiger partial charge in [0.2, 0.25) is 5.91 Å². The quantitative estimate of drug-likeness (QED) is 0.0363. The van der Waals surface area contributed by atoms with Crippen molar-refractivity contribution in [3.63, 3.8) is 0 Å². The zero-order chi connectivity index (χ0) is 59.7. The number of carbonyl (C=O) groups excluding carboxylic acids is 2. The van der Waals surface area contributed by atoms with Crippen molar-refractivity contribution in [1.82, 2.24) is 16.0 Å². The number of ketones is 1. The summed E-state index contributed by atoms with van der Waals surface area (Å²) in [4.78, 5) is 34.0. The highest BCUT2D eigenvalue weighted by molar-refractivity contribution is 8.76. The first kappa shape index (κ1) is 63.0. The van der Waals surface area contributed by atoms with E-state index in [1.807, 2.05) is 79.3 Å². The van der Waals surface area contributed by atoms with Crippen molar-refractivity contribution in [2.45, 2.75) is 152 Å². The molecule has 9 rings (SSSR count). The second kappa shape index (κ2) is 28.3. The Kier molecular flexibility index (Phi) is 21.3. The van der Waals surface area contributed by atoms with Crippen LogP contribution < -0.4 is 33.2 Å². The number of benzene rings is 3. The monoisotopic (exact) mass is 1180 g/mol. The molecule has 0 radical (unpaired) electrons. The molecule has 450 valence electrons. The van der Waals surface area contributed by atoms with E-state index in [2.05, 4.69) is 58.4 Å². The number of allylic oxidation sites excluding steroid dienone is 5. The Hall–Kier alpha value is -5.49. The number of fused-ring (bicyclic) bond motifs is 7. The third-order valence-electron chi connectivity index (χ3n) is 18.9. The lowest BCUT2D eigenvalue weighted by Crippen LogP contribution is -2.59. The molecule has 1 amide bonds. The number of nitrogens with one attached hydrogen (secondary N) is 3. The Morgan fingerprint density at radius 3 is 2.55 bits per heavy atom. The van der Waals surface area contributed by atoms with Crippen LogP contribution in [0, 0.1) is 35.0 Å². The summed E-state index contributed by atoms with van der Waals surface area (Å²) in [5, 5.41) is 71.5. The molecular weight excluding hydrogens is 1090 g/mol. The fourth-order valence-corrected chi connectivity index (χ4v) is 16.5. The summed E-state index contributed by atoms with van der Waals surface area (Å²) in [7, 11) is 3.60. The van der Waals surface area contributed by atoms with Crippen LogP contribution in [0.15, 0.2) is 130 Å². The van der Waals surface area contributed by atoms with E-state index in [-0.39, 0.29) is 55.8 Å². The minimum absolute atomic E-state index is 0.0248. The Labute approximate surface area is 504 Å². The van der Waals surface area contributed by atoms with Gasteiger partial charge in [0, 0.05) is 60.7 Å². The second-order valence-corrected chi connectivity index (χ2v) is 26.8. The first-order valence-electron chi connectivity index (χ1n) is 30.0. The van der Waals surface area contributed by atoms with E-state index in [4.69, 9.17) is 21.9 Å². The smallest absolute Gasteiger partial charge is 0.243 e. The molecule has 4 aliphatic heterocycles. The molecule has 2 fully saturated rings. The number of nitrogens with two attached hydrogens (primary N) is 3. The molecule has 1 spiro atoms. The van der Waals surface area contributed by atoms with Crippen molar-refractivity contribution in [2.75, 3.05) is 37.7 Å². The van der Waals surface area contributed by atoms with Gasteiger partial charge in [0.25, 0.3) is 0 Å². The van der Waals surface area contributed by atoms with Crippen LogP contribution in [0.1, 0.15) is 130 Å². The van der Waals surface area contributed by atoms with Crippen LogP contribution in [-0.2, 0) is 33.6 Å². The molecule has 15 nitrogen and oxygen atoms in total. The van der Waals surface area contributed by atoms with Gasteiger partial charge in [-0.25, -0.2) is 0 Å². The molecule has 2 saturated carbocycles. The summed E-state index contributed by atoms with van der Waals surface area (Å²) < 4.78 is 6.74. The second-order valence-electron chi connectivity index (χ2n) is 24.1. The molecule has 0 saturated heterocycles. The minimum atomic E-state index is -1.38. The standard InChI is InChI=1S/C67H87N7O8S2/c1-5-71-57-25-18-42-11-8-16-50(39-84-83-31-28-42)82-38-47(15-6-10-40(57)2)52-27-30-67(62(52)79)56-24-23-49(76)33-43-12-7-13-44(32-43)34-54(55(36-73-65(69)70)45-19-21-48(75)22-20-45)59(78)37-72-61-60-46(14-9-17-53(60)63(68)74-64(61)80)35-58(77)41(3)51(56)26-29-66(67,4)81/h6-7,9-10,12-15,17-22,32,49-50,52,54-57,59,61-63,71-72,75-76,78-79,81H,2,5,11,23-31,33-39,68H2,1,3-4H3,(H,74,80)(H4,69,70,73)/b10-6+,42-18+,47-15-,51-41+/t49-,50-,52-,54-,55-,56-,57-,59+,61+,62-,63-,66-,67-/m1/s1. The molecule has 4 bridgehead atoms. The van der Waals surface area contributed by atoms with E-state index in [0.29, 0.717) is 85.8 Å². The number of aliphatic hydroxyl groups is 4. The summed E-state index contributed by atoms with van der Waals surface area (Å²) in [6.07, 6.45) is 9.60. The maximum Gasteiger partial charge on any atom is 0.243 e. The van der Waals surface area contributed by atoms with E-state index in [1.54, 1.807) is 35.1 Å². The van der Waals surface area contributed by atoms with Crippen LogP contribution >= 0.6 is 21.6 Å². The summed E-state index contributed by atoms with van der Waals surface area (Å²) in [6.45, 7) is 11.3. The molecule has 0 aromatic heterocycles. The molecule has 6 aliphatic rings. The predicted molar refractivity (Wildman–Crippen MR) is 336 cm³/mol. The molecule has 17 heteroatoms. The van der Waals surface area contributed by atoms with Gasteiger partial charge in [-0.2, -0.15) is 0 Å². The maximum absolute atomic E-state index is 15.3. The molecule has 3 aromatic rings. The molecule has 3 aromatic carbocycles. The lowest BCUT2D eigenvalue weighted by atomic mass is 9.52. The maximum atomic E-state index is 15.3. The average Bonchev–Trinajstić information content (AvgIpc) is 1.49. The Bertz CT molecular complexity index is 3090. The van der Waals surface area contributed by atoms with Gasteiger partial charge in [-0.3, -0.25) is 19.9 Å². The number of amides is 1. The number of carbonyl (C=O) groups is 2. The number of guanidine groups is 1. The summed E-state index contributed by atoms with van der Waals surface area (Å²) >= 11 is 0. The van der Waals surface area contributed by atoms with E-state index in [1.165, 1.54) is 5.57 Å². The molecule has 4 heterocycles. The SMILES string of the molecule is C=C1/C=C/C=C(\[C@H]2CC[C@@]3([C@@H]4CC[C@@H](O)Cc5cccc(c5)C[C@H]([C@H](CN=C(N)N)c5ccc(O)cc5)[C@@H](O)CN[C@@H]5C(=O)N[C@@H](N)c6cccc(c65)CC(=O)/C(C)=C/4CC[C@@]3(C)O)[C@@H]2O)CO[C@@H]2C#CC/C(=C\C[C@H]1NCC)CCSSC2. The number of hydrogen-bond acceptors (Lipinski definition) is 14. The Morgan fingerprint density at radius 1 is 1.00 bits per heavy atom. The van der Waals surface area contributed by atoms with Crippen molar-refractivity contribution >= 4 is 39.2 Å². The number of aromatic hydroxyl groups is 1. The number of aliphatic hydroxyl groups excluding tert-OH is 3. The van der Waals surface area contributed by atoms with Crippen LogP contribution in [0.5, 0.6) is 5.75 Å². The molecule has 13 atom stereocenters. The zero-order valence-corrected chi connectivity index (χ0v) is 50.5. The van der Waals surface area contributed by atoms with Gasteiger partial charge >= 0.3 is 0 Å². The summed E-state index contributed by atoms with van der Waals surface area (Å²) in [6, 6.07) is 19.2. The fourth-order valence-electron chi connectivity index (χ4n) is 14.3. The highest BCUT2D eigenvalue weighted by Gasteiger charge is 2.64. The number of rotatable bonds is 7. The number of hydrogen-bond donors (Lipinski definition) is 11. The number of phenolic OH excluding ortho intramolecular Hbond substituents is 1. The molecule has 0 unspecified atom stereocenters. The van der Waals surface area contributed by atoms with Gasteiger partial charge in [-0.05, 0) is 159 Å². The number of phenols is 1. The van der Waals surface area contributed by atoms with E-state index in [9.17, 15) is 30.3 Å². The number of aliphatic imine (C=N–C) groups is 1. The van der Waals surface area contributed by atoms with Gasteiger partial charge in [-0.1, -0.05) is 137 Å². The first-order valence-corrected chi connectivity index (χ1v) is 32.5. The van der Waals surface area contributed by atoms with Crippen LogP contribution in [0.2, 0.25) is 0 Å². The third kappa shape index (κ3) is 14.5. The Balaban J connectivity index is 1.11. The Morgan fingerprint density at radius 2 is 1.77 bits per heavy atom. The van der Waals surface area contributed by atoms with E-state index in [0.717, 1.165) is 58.5 Å². The number of β-amino-alcohol motifs (C(OH)–C–C–N with tert-alkyl or cyclic N) is 1. The van der Waals surface area contributed by atoms with Crippen molar-refractivity contribution in [3.05, 3.63) is 159 Å². The average molecular weight is 1180 g/mol. The third-order valence-corrected chi connectivity index (χ3v) is 21.3. The highest BCUT2D eigenvalue weighted by atomic mass is 33.1. The van der Waals surface area contributed by atoms with Crippen molar-refractivity contribution < 1.29 is 39.9 Å². The predicted octanol–water partition coefficient (Wildman–Crippen LogP) is 7.34. The van der Waals surface area contributed by atoms with Crippen LogP contribution in [0.25, 0.3) is 0 Å². The van der Waals surface area contributed by atoms with Crippen molar-refractivity contribution in [3.8, 4) is 17.6 Å². The fraction of sp³-hybridized carbons (Fsp3) is 0.507. The molecular formula is C67H87N7O8S2. The van der Waals surface area contributed by atoms with Gasteiger partial charge in [0.15, 0.2) is 11.7 Å². The van der Waals surface area contributed by atoms with Crippen molar-refractivity contribution in [2.24, 2.45) is 45.4 Å². The molecule has 84 heavy (non-hydrogen) atoms. The minimum Gasteiger partial charge on any atom is -0.508 e. The topological polar surface area (TPSA) is 271 Å². The van der Waals surface area contributed by atoms with Crippen LogP contribution in [0.4, 0.5) is 0 Å². The number of Topliss-reactive ketones (excluding diaryl/α,β-unsaturated/α-hetero) is 1. The van der Waals surface area contributed by atoms with Gasteiger partial charge in [0.1, 0.15) is 24.1 Å². The summed E-state index contributed by atoms with van der Waals surface area (Å²) in [5.41, 5.74) is 24.9. The zero-order valence-electron chi connectivity index (χ0n) is 48.9.